The van der Waals surface area contributed by atoms with Crippen molar-refractivity contribution in [1.29, 1.82) is 0 Å². The van der Waals surface area contributed by atoms with Crippen LogP contribution in [0.1, 0.15) is 31.1 Å². The number of rotatable bonds is 4. The predicted octanol–water partition coefficient (Wildman–Crippen LogP) is 1.44. The van der Waals surface area contributed by atoms with E-state index in [0.29, 0.717) is 6.04 Å². The maximum absolute atomic E-state index is 4.21. The zero-order chi connectivity index (χ0) is 9.97. The maximum Gasteiger partial charge on any atom is 0.191 e. The van der Waals surface area contributed by atoms with E-state index in [1.807, 2.05) is 7.05 Å². The molecule has 1 saturated carbocycles. The van der Waals surface area contributed by atoms with Gasteiger partial charge >= 0.3 is 0 Å². The van der Waals surface area contributed by atoms with Gasteiger partial charge in [-0.15, -0.1) is 10.2 Å². The van der Waals surface area contributed by atoms with E-state index in [9.17, 15) is 0 Å². The lowest BCUT2D eigenvalue weighted by molar-refractivity contribution is 0.288. The van der Waals surface area contributed by atoms with Gasteiger partial charge < -0.3 is 9.88 Å². The first-order chi connectivity index (χ1) is 6.86. The van der Waals surface area contributed by atoms with Crippen LogP contribution in [0.25, 0.3) is 0 Å². The predicted molar refractivity (Wildman–Crippen MR) is 57.5 cm³/mol. The van der Waals surface area contributed by atoms with Crippen LogP contribution in [0, 0.1) is 0 Å². The van der Waals surface area contributed by atoms with Crippen molar-refractivity contribution < 1.29 is 0 Å². The zero-order valence-corrected chi connectivity index (χ0v) is 9.47. The highest BCUT2D eigenvalue weighted by Gasteiger charge is 2.24. The summed E-state index contributed by atoms with van der Waals surface area (Å²) in [5, 5.41) is 12.6. The van der Waals surface area contributed by atoms with E-state index in [0.717, 1.165) is 17.5 Å². The summed E-state index contributed by atoms with van der Waals surface area (Å²) in [5.74, 6) is 1.07. The SMILES string of the molecule is CNCc1nnc(SC)n1C1CCC1. The lowest BCUT2D eigenvalue weighted by Gasteiger charge is -2.28. The third kappa shape index (κ3) is 1.66. The van der Waals surface area contributed by atoms with Gasteiger partial charge in [0, 0.05) is 6.04 Å². The van der Waals surface area contributed by atoms with E-state index < -0.39 is 0 Å². The minimum absolute atomic E-state index is 0.649. The Labute approximate surface area is 88.5 Å². The van der Waals surface area contributed by atoms with E-state index in [4.69, 9.17) is 0 Å². The molecule has 1 heterocycles. The van der Waals surface area contributed by atoms with Gasteiger partial charge in [-0.25, -0.2) is 0 Å². The largest absolute Gasteiger partial charge is 0.313 e. The molecule has 1 aromatic heterocycles. The fraction of sp³-hybridized carbons (Fsp3) is 0.778. The Morgan fingerprint density at radius 2 is 2.29 bits per heavy atom. The number of thioether (sulfide) groups is 1. The van der Waals surface area contributed by atoms with Gasteiger partial charge in [0.05, 0.1) is 6.54 Å². The standard InChI is InChI=1S/C9H16N4S/c1-10-6-8-11-12-9(14-2)13(8)7-4-3-5-7/h7,10H,3-6H2,1-2H3. The van der Waals surface area contributed by atoms with Crippen molar-refractivity contribution in [2.75, 3.05) is 13.3 Å². The van der Waals surface area contributed by atoms with Gasteiger partial charge in [-0.2, -0.15) is 0 Å². The molecule has 0 atom stereocenters. The van der Waals surface area contributed by atoms with Crippen LogP contribution >= 0.6 is 11.8 Å². The molecule has 0 unspecified atom stereocenters. The van der Waals surface area contributed by atoms with Crippen LogP contribution in [0.3, 0.4) is 0 Å². The molecule has 4 nitrogen and oxygen atoms in total. The summed E-state index contributed by atoms with van der Waals surface area (Å²) in [4.78, 5) is 0. The smallest absolute Gasteiger partial charge is 0.191 e. The first-order valence-corrected chi connectivity index (χ1v) is 6.21. The Morgan fingerprint density at radius 3 is 2.79 bits per heavy atom. The molecule has 0 bridgehead atoms. The van der Waals surface area contributed by atoms with Crippen LogP contribution < -0.4 is 5.32 Å². The Balaban J connectivity index is 2.25. The van der Waals surface area contributed by atoms with Crippen LogP contribution in [0.5, 0.6) is 0 Å². The molecule has 1 N–H and O–H groups in total. The number of aromatic nitrogens is 3. The Kier molecular flexibility index (Phi) is 3.08. The minimum Gasteiger partial charge on any atom is -0.313 e. The van der Waals surface area contributed by atoms with Crippen LogP contribution in [-0.4, -0.2) is 28.1 Å². The van der Waals surface area contributed by atoms with Gasteiger partial charge in [0.25, 0.3) is 0 Å². The normalized spacial score (nSPS) is 17.0. The van der Waals surface area contributed by atoms with E-state index in [1.54, 1.807) is 11.8 Å². The molecule has 1 aliphatic rings. The fourth-order valence-corrected chi connectivity index (χ4v) is 2.31. The number of nitrogens with one attached hydrogen (secondary N) is 1. The first kappa shape index (κ1) is 9.98. The average molecular weight is 212 g/mol. The molecular formula is C9H16N4S. The van der Waals surface area contributed by atoms with Crippen LogP contribution in [0.4, 0.5) is 0 Å². The minimum atomic E-state index is 0.649. The Hall–Kier alpha value is -0.550. The highest BCUT2D eigenvalue weighted by Crippen LogP contribution is 2.34. The molecule has 1 aromatic rings. The average Bonchev–Trinajstić information content (AvgIpc) is 2.47. The molecule has 0 aliphatic heterocycles. The molecule has 0 spiro atoms. The Bertz CT molecular complexity index is 306. The topological polar surface area (TPSA) is 42.7 Å². The van der Waals surface area contributed by atoms with Crippen molar-refractivity contribution in [1.82, 2.24) is 20.1 Å². The van der Waals surface area contributed by atoms with Crippen molar-refractivity contribution >= 4 is 11.8 Å². The second-order valence-corrected chi connectivity index (χ2v) is 4.36. The van der Waals surface area contributed by atoms with Crippen molar-refractivity contribution in [2.24, 2.45) is 0 Å². The highest BCUT2D eigenvalue weighted by molar-refractivity contribution is 7.98. The van der Waals surface area contributed by atoms with E-state index in [1.165, 1.54) is 19.3 Å². The maximum atomic E-state index is 4.21. The number of hydrogen-bond acceptors (Lipinski definition) is 4. The van der Waals surface area contributed by atoms with Crippen molar-refractivity contribution in [2.45, 2.75) is 37.0 Å². The Morgan fingerprint density at radius 1 is 1.50 bits per heavy atom. The summed E-state index contributed by atoms with van der Waals surface area (Å²) >= 11 is 1.68. The summed E-state index contributed by atoms with van der Waals surface area (Å²) < 4.78 is 2.30. The highest BCUT2D eigenvalue weighted by atomic mass is 32.2. The van der Waals surface area contributed by atoms with E-state index in [-0.39, 0.29) is 0 Å². The van der Waals surface area contributed by atoms with Gasteiger partial charge in [0.15, 0.2) is 5.16 Å². The molecule has 2 rings (SSSR count). The molecule has 14 heavy (non-hydrogen) atoms. The molecular weight excluding hydrogens is 196 g/mol. The van der Waals surface area contributed by atoms with E-state index in [2.05, 4.69) is 26.3 Å². The van der Waals surface area contributed by atoms with Gasteiger partial charge in [-0.1, -0.05) is 11.8 Å². The lowest BCUT2D eigenvalue weighted by atomic mass is 9.93. The molecule has 1 fully saturated rings. The van der Waals surface area contributed by atoms with Gasteiger partial charge in [-0.3, -0.25) is 0 Å². The third-order valence-electron chi connectivity index (χ3n) is 2.69. The zero-order valence-electron chi connectivity index (χ0n) is 8.66. The fourth-order valence-electron chi connectivity index (χ4n) is 1.74. The molecule has 0 amide bonds. The van der Waals surface area contributed by atoms with Crippen LogP contribution in [-0.2, 0) is 6.54 Å². The third-order valence-corrected chi connectivity index (χ3v) is 3.34. The quantitative estimate of drug-likeness (QED) is 0.767. The molecule has 0 aromatic carbocycles. The second-order valence-electron chi connectivity index (χ2n) is 3.59. The van der Waals surface area contributed by atoms with Gasteiger partial charge in [0.1, 0.15) is 5.82 Å². The summed E-state index contributed by atoms with van der Waals surface area (Å²) in [7, 11) is 1.94. The van der Waals surface area contributed by atoms with Gasteiger partial charge in [-0.05, 0) is 32.6 Å². The molecule has 5 heteroatoms. The lowest BCUT2D eigenvalue weighted by Crippen LogP contribution is -2.22. The molecule has 0 saturated heterocycles. The molecule has 0 radical (unpaired) electrons. The summed E-state index contributed by atoms with van der Waals surface area (Å²) in [6.45, 7) is 0.810. The van der Waals surface area contributed by atoms with Crippen LogP contribution in [0.2, 0.25) is 0 Å². The second kappa shape index (κ2) is 4.31. The van der Waals surface area contributed by atoms with E-state index >= 15 is 0 Å². The summed E-state index contributed by atoms with van der Waals surface area (Å²) in [6.07, 6.45) is 5.96. The van der Waals surface area contributed by atoms with Crippen molar-refractivity contribution in [3.8, 4) is 0 Å². The summed E-state index contributed by atoms with van der Waals surface area (Å²) in [5.41, 5.74) is 0. The number of nitrogens with zero attached hydrogens (tertiary/aromatic N) is 3. The first-order valence-electron chi connectivity index (χ1n) is 4.99. The monoisotopic (exact) mass is 212 g/mol. The summed E-state index contributed by atoms with van der Waals surface area (Å²) in [6, 6.07) is 0.649. The van der Waals surface area contributed by atoms with Crippen LogP contribution in [0.15, 0.2) is 5.16 Å². The molecule has 78 valence electrons. The number of hydrogen-bond donors (Lipinski definition) is 1. The van der Waals surface area contributed by atoms with Crippen molar-refractivity contribution in [3.63, 3.8) is 0 Å². The van der Waals surface area contributed by atoms with Crippen molar-refractivity contribution in [3.05, 3.63) is 5.82 Å². The van der Waals surface area contributed by atoms with Gasteiger partial charge in [0.2, 0.25) is 0 Å². The molecule has 1 aliphatic carbocycles.